The van der Waals surface area contributed by atoms with E-state index in [1.165, 1.54) is 0 Å². The summed E-state index contributed by atoms with van der Waals surface area (Å²) in [6.07, 6.45) is 0.126. The van der Waals surface area contributed by atoms with E-state index in [0.717, 1.165) is 12.1 Å². The second-order valence-corrected chi connectivity index (χ2v) is 1.67. The fraction of sp³-hybridized carbons (Fsp3) is 0. The predicted molar refractivity (Wildman–Crippen MR) is 30.6 cm³/mol. The van der Waals surface area contributed by atoms with Crippen LogP contribution in [-0.4, -0.2) is 6.29 Å². The third-order valence-electron chi connectivity index (χ3n) is 1.05. The van der Waals surface area contributed by atoms with Crippen LogP contribution >= 0.6 is 0 Å². The molecule has 0 bridgehead atoms. The molecular formula is C7H3F2O. The van der Waals surface area contributed by atoms with Crippen molar-refractivity contribution in [1.82, 2.24) is 0 Å². The van der Waals surface area contributed by atoms with E-state index >= 15 is 0 Å². The number of hydrogen-bond acceptors (Lipinski definition) is 1. The van der Waals surface area contributed by atoms with E-state index in [1.54, 1.807) is 0 Å². The molecule has 0 unspecified atom stereocenters. The van der Waals surface area contributed by atoms with Gasteiger partial charge in [0.1, 0.15) is 11.6 Å². The molecule has 1 aromatic carbocycles. The second-order valence-electron chi connectivity index (χ2n) is 1.67. The summed E-state index contributed by atoms with van der Waals surface area (Å²) in [5.41, 5.74) is -0.567. The molecule has 0 aliphatic carbocycles. The topological polar surface area (TPSA) is 17.1 Å². The first-order valence-corrected chi connectivity index (χ1v) is 2.56. The summed E-state index contributed by atoms with van der Waals surface area (Å²) in [6.45, 7) is 0. The molecule has 3 heteroatoms. The van der Waals surface area contributed by atoms with Crippen LogP contribution in [0.1, 0.15) is 10.4 Å². The third kappa shape index (κ3) is 1.03. The summed E-state index contributed by atoms with van der Waals surface area (Å²) in [7, 11) is 0. The zero-order valence-corrected chi connectivity index (χ0v) is 4.90. The van der Waals surface area contributed by atoms with E-state index < -0.39 is 17.2 Å². The molecule has 0 aliphatic heterocycles. The lowest BCUT2D eigenvalue weighted by Crippen LogP contribution is -1.91. The molecule has 51 valence electrons. The standard InChI is InChI=1S/C7H3F2O/c8-6-2-1-3-7(9)5(6)4-10/h1-2,4H. The van der Waals surface area contributed by atoms with Crippen LogP contribution in [-0.2, 0) is 0 Å². The molecule has 0 N–H and O–H groups in total. The van der Waals surface area contributed by atoms with Crippen molar-refractivity contribution < 1.29 is 13.6 Å². The lowest BCUT2D eigenvalue weighted by molar-refractivity contribution is 0.111. The molecule has 1 rings (SSSR count). The van der Waals surface area contributed by atoms with Gasteiger partial charge in [-0.05, 0) is 12.1 Å². The minimum absolute atomic E-state index is 0.126. The van der Waals surface area contributed by atoms with Gasteiger partial charge in [-0.1, -0.05) is 0 Å². The van der Waals surface area contributed by atoms with Crippen molar-refractivity contribution in [3.05, 3.63) is 35.4 Å². The molecule has 0 heterocycles. The van der Waals surface area contributed by atoms with E-state index in [1.807, 2.05) is 0 Å². The number of rotatable bonds is 1. The molecule has 1 nitrogen and oxygen atoms in total. The zero-order chi connectivity index (χ0) is 7.56. The summed E-state index contributed by atoms with van der Waals surface area (Å²) in [4.78, 5) is 9.95. The number of benzene rings is 1. The van der Waals surface area contributed by atoms with Gasteiger partial charge in [-0.25, -0.2) is 8.78 Å². The van der Waals surface area contributed by atoms with Crippen molar-refractivity contribution >= 4 is 6.29 Å². The highest BCUT2D eigenvalue weighted by atomic mass is 19.1. The molecule has 1 radical (unpaired) electrons. The third-order valence-corrected chi connectivity index (χ3v) is 1.05. The highest BCUT2D eigenvalue weighted by Crippen LogP contribution is 2.07. The van der Waals surface area contributed by atoms with Crippen LogP contribution in [0.3, 0.4) is 0 Å². The lowest BCUT2D eigenvalue weighted by Gasteiger charge is -1.92. The first kappa shape index (κ1) is 6.86. The van der Waals surface area contributed by atoms with Gasteiger partial charge in [-0.15, -0.1) is 0 Å². The Morgan fingerprint density at radius 3 is 2.60 bits per heavy atom. The van der Waals surface area contributed by atoms with Gasteiger partial charge < -0.3 is 0 Å². The summed E-state index contributed by atoms with van der Waals surface area (Å²) in [6, 6.07) is 4.11. The lowest BCUT2D eigenvalue weighted by atomic mass is 10.2. The van der Waals surface area contributed by atoms with Crippen LogP contribution in [0.2, 0.25) is 0 Å². The summed E-state index contributed by atoms with van der Waals surface area (Å²) >= 11 is 0. The van der Waals surface area contributed by atoms with Crippen molar-refractivity contribution in [2.75, 3.05) is 0 Å². The van der Waals surface area contributed by atoms with Crippen molar-refractivity contribution in [2.24, 2.45) is 0 Å². The van der Waals surface area contributed by atoms with Crippen LogP contribution in [0, 0.1) is 17.7 Å². The summed E-state index contributed by atoms with van der Waals surface area (Å²) in [5.74, 6) is -1.80. The van der Waals surface area contributed by atoms with Gasteiger partial charge in [0, 0.05) is 6.07 Å². The van der Waals surface area contributed by atoms with Crippen molar-refractivity contribution in [2.45, 2.75) is 0 Å². The Morgan fingerprint density at radius 1 is 1.50 bits per heavy atom. The summed E-state index contributed by atoms with van der Waals surface area (Å²) < 4.78 is 24.7. The predicted octanol–water partition coefficient (Wildman–Crippen LogP) is 1.58. The number of carbonyl (C=O) groups is 1. The zero-order valence-electron chi connectivity index (χ0n) is 4.90. The monoisotopic (exact) mass is 141 g/mol. The molecule has 0 saturated heterocycles. The van der Waals surface area contributed by atoms with Crippen molar-refractivity contribution in [3.63, 3.8) is 0 Å². The van der Waals surface area contributed by atoms with Gasteiger partial charge in [-0.2, -0.15) is 0 Å². The quantitative estimate of drug-likeness (QED) is 0.542. The Bertz CT molecular complexity index is 238. The van der Waals surface area contributed by atoms with E-state index in [-0.39, 0.29) is 6.29 Å². The Hall–Kier alpha value is -1.25. The van der Waals surface area contributed by atoms with Gasteiger partial charge in [0.15, 0.2) is 6.29 Å². The van der Waals surface area contributed by atoms with Crippen LogP contribution in [0.15, 0.2) is 12.1 Å². The molecule has 0 fully saturated rings. The average Bonchev–Trinajstić information content (AvgIpc) is 1.88. The van der Waals surface area contributed by atoms with E-state index in [4.69, 9.17) is 0 Å². The number of aldehydes is 1. The Morgan fingerprint density at radius 2 is 2.20 bits per heavy atom. The Balaban J connectivity index is 3.30. The molecule has 0 aliphatic rings. The molecule has 1 aromatic rings. The SMILES string of the molecule is O=Cc1c(F)[c]ccc1F. The molecule has 0 aromatic heterocycles. The minimum Gasteiger partial charge on any atom is -0.298 e. The molecule has 0 spiro atoms. The minimum atomic E-state index is -0.949. The highest BCUT2D eigenvalue weighted by Gasteiger charge is 2.05. The summed E-state index contributed by atoms with van der Waals surface area (Å²) in [5, 5.41) is 0. The van der Waals surface area contributed by atoms with Gasteiger partial charge in [0.05, 0.1) is 5.56 Å². The molecular weight excluding hydrogens is 138 g/mol. The number of carbonyl (C=O) groups excluding carboxylic acids is 1. The van der Waals surface area contributed by atoms with Gasteiger partial charge in [-0.3, -0.25) is 4.79 Å². The first-order valence-electron chi connectivity index (χ1n) is 2.56. The number of halogens is 2. The fourth-order valence-electron chi connectivity index (χ4n) is 0.568. The Labute approximate surface area is 56.3 Å². The van der Waals surface area contributed by atoms with Crippen LogP contribution in [0.5, 0.6) is 0 Å². The number of hydrogen-bond donors (Lipinski definition) is 0. The molecule has 0 atom stereocenters. The van der Waals surface area contributed by atoms with Crippen LogP contribution < -0.4 is 0 Å². The van der Waals surface area contributed by atoms with Gasteiger partial charge in [0.25, 0.3) is 0 Å². The second kappa shape index (κ2) is 2.56. The average molecular weight is 141 g/mol. The van der Waals surface area contributed by atoms with Gasteiger partial charge in [0.2, 0.25) is 0 Å². The van der Waals surface area contributed by atoms with Gasteiger partial charge >= 0.3 is 0 Å². The maximum atomic E-state index is 12.4. The smallest absolute Gasteiger partial charge is 0.155 e. The molecule has 0 saturated carbocycles. The first-order chi connectivity index (χ1) is 4.75. The molecule has 10 heavy (non-hydrogen) atoms. The van der Waals surface area contributed by atoms with E-state index in [9.17, 15) is 13.6 Å². The largest absolute Gasteiger partial charge is 0.298 e. The maximum absolute atomic E-state index is 12.4. The maximum Gasteiger partial charge on any atom is 0.155 e. The van der Waals surface area contributed by atoms with E-state index in [2.05, 4.69) is 6.07 Å². The van der Waals surface area contributed by atoms with Crippen molar-refractivity contribution in [3.8, 4) is 0 Å². The normalized spacial score (nSPS) is 9.40. The highest BCUT2D eigenvalue weighted by molar-refractivity contribution is 5.75. The van der Waals surface area contributed by atoms with Crippen molar-refractivity contribution in [1.29, 1.82) is 0 Å². The Kier molecular flexibility index (Phi) is 1.76. The van der Waals surface area contributed by atoms with Crippen LogP contribution in [0.25, 0.3) is 0 Å². The molecule has 0 amide bonds. The van der Waals surface area contributed by atoms with Crippen LogP contribution in [0.4, 0.5) is 8.78 Å². The van der Waals surface area contributed by atoms with E-state index in [0.29, 0.717) is 0 Å². The fourth-order valence-corrected chi connectivity index (χ4v) is 0.568.